The van der Waals surface area contributed by atoms with E-state index in [4.69, 9.17) is 0 Å². The highest BCUT2D eigenvalue weighted by atomic mass is 19.1. The highest BCUT2D eigenvalue weighted by Crippen LogP contribution is 2.05. The van der Waals surface area contributed by atoms with Crippen molar-refractivity contribution in [1.82, 2.24) is 10.6 Å². The lowest BCUT2D eigenvalue weighted by atomic mass is 10.2. The molecule has 2 amide bonds. The molecule has 2 N–H and O–H groups in total. The molecule has 110 valence electrons. The molecule has 0 saturated heterocycles. The molecule has 0 fully saturated rings. The first-order valence-electron chi connectivity index (χ1n) is 6.90. The summed E-state index contributed by atoms with van der Waals surface area (Å²) in [5.74, 6) is -1.06. The summed E-state index contributed by atoms with van der Waals surface area (Å²) >= 11 is 0. The molecule has 5 heteroatoms. The highest BCUT2D eigenvalue weighted by Gasteiger charge is 2.09. The zero-order valence-electron chi connectivity index (χ0n) is 11.7. The maximum absolute atomic E-state index is 13.3. The van der Waals surface area contributed by atoms with Crippen LogP contribution in [0.3, 0.4) is 0 Å². The molecular weight excluding hydrogens is 259 g/mol. The zero-order chi connectivity index (χ0) is 14.8. The molecule has 1 aromatic carbocycles. The largest absolute Gasteiger partial charge is 0.356 e. The second-order valence-corrected chi connectivity index (χ2v) is 4.60. The monoisotopic (exact) mass is 280 g/mol. The Morgan fingerprint density at radius 3 is 2.50 bits per heavy atom. The van der Waals surface area contributed by atoms with Gasteiger partial charge in [0.05, 0.1) is 0 Å². The summed E-state index contributed by atoms with van der Waals surface area (Å²) in [4.78, 5) is 23.0. The summed E-state index contributed by atoms with van der Waals surface area (Å²) in [5, 5.41) is 5.22. The Hall–Kier alpha value is -1.91. The van der Waals surface area contributed by atoms with E-state index < -0.39 is 5.91 Å². The number of halogens is 1. The van der Waals surface area contributed by atoms with Crippen molar-refractivity contribution in [2.45, 2.75) is 39.2 Å². The lowest BCUT2D eigenvalue weighted by Gasteiger charge is -2.07. The molecule has 4 nitrogen and oxygen atoms in total. The summed E-state index contributed by atoms with van der Waals surface area (Å²) in [6.07, 6.45) is 2.83. The van der Waals surface area contributed by atoms with Crippen molar-refractivity contribution in [3.05, 3.63) is 35.6 Å². The number of unbranched alkanes of at least 4 members (excludes halogenated alkanes) is 2. The van der Waals surface area contributed by atoms with Gasteiger partial charge in [0.2, 0.25) is 11.8 Å². The van der Waals surface area contributed by atoms with Crippen molar-refractivity contribution in [1.29, 1.82) is 0 Å². The normalized spacial score (nSPS) is 10.1. The van der Waals surface area contributed by atoms with Gasteiger partial charge in [-0.05, 0) is 12.5 Å². The number of benzene rings is 1. The van der Waals surface area contributed by atoms with E-state index in [0.717, 1.165) is 19.3 Å². The molecule has 0 saturated carbocycles. The van der Waals surface area contributed by atoms with Gasteiger partial charge in [-0.25, -0.2) is 4.39 Å². The summed E-state index contributed by atoms with van der Waals surface area (Å²) < 4.78 is 13.3. The van der Waals surface area contributed by atoms with E-state index >= 15 is 0 Å². The van der Waals surface area contributed by atoms with Crippen LogP contribution in [0.25, 0.3) is 0 Å². The highest BCUT2D eigenvalue weighted by molar-refractivity contribution is 5.96. The van der Waals surface area contributed by atoms with Crippen LogP contribution >= 0.6 is 0 Å². The minimum atomic E-state index is -0.402. The molecule has 0 aliphatic rings. The molecule has 0 bridgehead atoms. The maximum Gasteiger partial charge on any atom is 0.229 e. The third kappa shape index (κ3) is 6.31. The number of hydrogen-bond donors (Lipinski definition) is 2. The van der Waals surface area contributed by atoms with Crippen molar-refractivity contribution < 1.29 is 14.0 Å². The number of rotatable bonds is 8. The SMILES string of the molecule is CCCCCNC(=O)CC(=O)NCc1ccccc1F. The van der Waals surface area contributed by atoms with E-state index in [-0.39, 0.29) is 24.7 Å². The number of carbonyl (C=O) groups excluding carboxylic acids is 2. The fourth-order valence-corrected chi connectivity index (χ4v) is 1.71. The van der Waals surface area contributed by atoms with E-state index in [2.05, 4.69) is 17.6 Å². The second kappa shape index (κ2) is 9.07. The van der Waals surface area contributed by atoms with Gasteiger partial charge in [-0.2, -0.15) is 0 Å². The fourth-order valence-electron chi connectivity index (χ4n) is 1.71. The molecule has 20 heavy (non-hydrogen) atoms. The van der Waals surface area contributed by atoms with Gasteiger partial charge in [0.25, 0.3) is 0 Å². The Morgan fingerprint density at radius 1 is 1.10 bits per heavy atom. The molecule has 0 atom stereocenters. The minimum Gasteiger partial charge on any atom is -0.356 e. The quantitative estimate of drug-likeness (QED) is 0.566. The first-order valence-corrected chi connectivity index (χ1v) is 6.90. The average molecular weight is 280 g/mol. The standard InChI is InChI=1S/C15H21FN2O2/c1-2-3-6-9-17-14(19)10-15(20)18-11-12-7-4-5-8-13(12)16/h4-5,7-8H,2-3,6,9-11H2,1H3,(H,17,19)(H,18,20). The van der Waals surface area contributed by atoms with Crippen LogP contribution in [-0.2, 0) is 16.1 Å². The van der Waals surface area contributed by atoms with Crippen LogP contribution < -0.4 is 10.6 Å². The van der Waals surface area contributed by atoms with Gasteiger partial charge in [0.15, 0.2) is 0 Å². The molecule has 0 spiro atoms. The van der Waals surface area contributed by atoms with Crippen molar-refractivity contribution in [3.63, 3.8) is 0 Å². The van der Waals surface area contributed by atoms with Crippen molar-refractivity contribution in [3.8, 4) is 0 Å². The Morgan fingerprint density at radius 2 is 1.80 bits per heavy atom. The van der Waals surface area contributed by atoms with E-state index in [0.29, 0.717) is 12.1 Å². The lowest BCUT2D eigenvalue weighted by Crippen LogP contribution is -2.32. The number of hydrogen-bond acceptors (Lipinski definition) is 2. The van der Waals surface area contributed by atoms with Crippen molar-refractivity contribution in [2.24, 2.45) is 0 Å². The lowest BCUT2D eigenvalue weighted by molar-refractivity contribution is -0.129. The molecule has 0 heterocycles. The molecule has 1 aromatic rings. The van der Waals surface area contributed by atoms with Crippen molar-refractivity contribution in [2.75, 3.05) is 6.54 Å². The number of nitrogens with one attached hydrogen (secondary N) is 2. The summed E-state index contributed by atoms with van der Waals surface area (Å²) in [7, 11) is 0. The topological polar surface area (TPSA) is 58.2 Å². The van der Waals surface area contributed by atoms with Crippen LogP contribution in [0.1, 0.15) is 38.2 Å². The summed E-state index contributed by atoms with van der Waals surface area (Å²) in [5.41, 5.74) is 0.407. The Bertz CT molecular complexity index is 449. The maximum atomic E-state index is 13.3. The molecule has 0 aromatic heterocycles. The molecule has 0 radical (unpaired) electrons. The van der Waals surface area contributed by atoms with Crippen LogP contribution in [0.15, 0.2) is 24.3 Å². The number of amides is 2. The first kappa shape index (κ1) is 16.1. The van der Waals surface area contributed by atoms with E-state index in [1.165, 1.54) is 6.07 Å². The molecule has 0 aliphatic heterocycles. The smallest absolute Gasteiger partial charge is 0.229 e. The summed E-state index contributed by atoms with van der Waals surface area (Å²) in [6, 6.07) is 6.22. The van der Waals surface area contributed by atoms with Gasteiger partial charge < -0.3 is 10.6 Å². The molecule has 1 rings (SSSR count). The molecular formula is C15H21FN2O2. The minimum absolute atomic E-state index is 0.0919. The van der Waals surface area contributed by atoms with Gasteiger partial charge in [0.1, 0.15) is 12.2 Å². The van der Waals surface area contributed by atoms with Gasteiger partial charge in [-0.3, -0.25) is 9.59 Å². The van der Waals surface area contributed by atoms with Crippen LogP contribution in [0.2, 0.25) is 0 Å². The zero-order valence-corrected chi connectivity index (χ0v) is 11.7. The van der Waals surface area contributed by atoms with Crippen LogP contribution in [-0.4, -0.2) is 18.4 Å². The van der Waals surface area contributed by atoms with Crippen LogP contribution in [0.4, 0.5) is 4.39 Å². The average Bonchev–Trinajstić information content (AvgIpc) is 2.43. The first-order chi connectivity index (χ1) is 9.63. The third-order valence-electron chi connectivity index (χ3n) is 2.86. The Kier molecular flexibility index (Phi) is 7.32. The third-order valence-corrected chi connectivity index (χ3v) is 2.86. The van der Waals surface area contributed by atoms with Crippen LogP contribution in [0.5, 0.6) is 0 Å². The van der Waals surface area contributed by atoms with Crippen molar-refractivity contribution >= 4 is 11.8 Å². The summed E-state index contributed by atoms with van der Waals surface area (Å²) in [6.45, 7) is 2.76. The fraction of sp³-hybridized carbons (Fsp3) is 0.467. The van der Waals surface area contributed by atoms with Gasteiger partial charge in [0, 0.05) is 18.7 Å². The predicted octanol–water partition coefficient (Wildman–Crippen LogP) is 2.14. The van der Waals surface area contributed by atoms with E-state index in [1.807, 2.05) is 0 Å². The molecule has 0 aliphatic carbocycles. The Balaban J connectivity index is 2.23. The molecule has 0 unspecified atom stereocenters. The predicted molar refractivity (Wildman–Crippen MR) is 75.4 cm³/mol. The Labute approximate surface area is 118 Å². The van der Waals surface area contributed by atoms with Gasteiger partial charge in [-0.15, -0.1) is 0 Å². The van der Waals surface area contributed by atoms with E-state index in [1.54, 1.807) is 18.2 Å². The second-order valence-electron chi connectivity index (χ2n) is 4.60. The van der Waals surface area contributed by atoms with Gasteiger partial charge in [-0.1, -0.05) is 38.0 Å². The van der Waals surface area contributed by atoms with Crippen LogP contribution in [0, 0.1) is 5.82 Å². The number of carbonyl (C=O) groups is 2. The van der Waals surface area contributed by atoms with Gasteiger partial charge >= 0.3 is 0 Å². The van der Waals surface area contributed by atoms with E-state index in [9.17, 15) is 14.0 Å².